The van der Waals surface area contributed by atoms with Gasteiger partial charge in [0.05, 0.1) is 11.1 Å². The van der Waals surface area contributed by atoms with E-state index in [-0.39, 0.29) is 5.69 Å². The van der Waals surface area contributed by atoms with Gasteiger partial charge in [0.2, 0.25) is 0 Å². The van der Waals surface area contributed by atoms with Crippen molar-refractivity contribution < 1.29 is 22.4 Å². The molecule has 1 aliphatic heterocycles. The van der Waals surface area contributed by atoms with Gasteiger partial charge in [0.15, 0.2) is 0 Å². The Morgan fingerprint density at radius 3 is 2.84 bits per heavy atom. The van der Waals surface area contributed by atoms with Crippen LogP contribution >= 0.6 is 11.3 Å². The van der Waals surface area contributed by atoms with Gasteiger partial charge in [-0.3, -0.25) is 9.69 Å². The van der Waals surface area contributed by atoms with Crippen LogP contribution in [0, 0.1) is 5.82 Å². The molecule has 1 aromatic carbocycles. The van der Waals surface area contributed by atoms with E-state index in [4.69, 9.17) is 5.73 Å². The largest absolute Gasteiger partial charge is 0.416 e. The third kappa shape index (κ3) is 4.70. The fraction of sp³-hybridized carbons (Fsp3) is 0.238. The summed E-state index contributed by atoms with van der Waals surface area (Å²) in [6, 6.07) is 5.72. The van der Waals surface area contributed by atoms with Crippen molar-refractivity contribution in [1.29, 1.82) is 0 Å². The maximum absolute atomic E-state index is 13.6. The van der Waals surface area contributed by atoms with E-state index in [0.717, 1.165) is 28.1 Å². The summed E-state index contributed by atoms with van der Waals surface area (Å²) in [6.45, 7) is 1.94. The highest BCUT2D eigenvalue weighted by molar-refractivity contribution is 7.10. The van der Waals surface area contributed by atoms with E-state index < -0.39 is 23.5 Å². The predicted molar refractivity (Wildman–Crippen MR) is 110 cm³/mol. The Balaban J connectivity index is 1.48. The van der Waals surface area contributed by atoms with E-state index in [2.05, 4.69) is 15.2 Å². The van der Waals surface area contributed by atoms with Crippen molar-refractivity contribution in [2.75, 3.05) is 17.6 Å². The molecule has 162 valence electrons. The normalized spacial score (nSPS) is 14.3. The Morgan fingerprint density at radius 1 is 1.29 bits per heavy atom. The minimum atomic E-state index is -4.70. The Hall–Kier alpha value is -2.98. The molecule has 0 fully saturated rings. The van der Waals surface area contributed by atoms with E-state index in [0.29, 0.717) is 43.5 Å². The summed E-state index contributed by atoms with van der Waals surface area (Å²) >= 11 is 1.42. The zero-order chi connectivity index (χ0) is 22.2. The molecule has 3 heterocycles. The molecule has 0 bridgehead atoms. The van der Waals surface area contributed by atoms with Crippen LogP contribution in [0.5, 0.6) is 0 Å². The van der Waals surface area contributed by atoms with Crippen LogP contribution in [0.15, 0.2) is 41.9 Å². The number of aromatic nitrogens is 1. The quantitative estimate of drug-likeness (QED) is 0.566. The van der Waals surface area contributed by atoms with Crippen molar-refractivity contribution in [3.05, 3.63) is 74.9 Å². The Bertz CT molecular complexity index is 1130. The monoisotopic (exact) mass is 450 g/mol. The topological polar surface area (TPSA) is 71.2 Å². The molecule has 4 rings (SSSR count). The highest BCUT2D eigenvalue weighted by Crippen LogP contribution is 2.33. The van der Waals surface area contributed by atoms with Crippen LogP contribution < -0.4 is 11.1 Å². The molecule has 10 heteroatoms. The van der Waals surface area contributed by atoms with E-state index in [1.54, 1.807) is 11.6 Å². The average Bonchev–Trinajstić information content (AvgIpc) is 3.12. The number of amides is 1. The van der Waals surface area contributed by atoms with Crippen molar-refractivity contribution in [2.45, 2.75) is 25.7 Å². The van der Waals surface area contributed by atoms with Gasteiger partial charge in [0.1, 0.15) is 11.6 Å². The molecule has 1 aliphatic rings. The van der Waals surface area contributed by atoms with Crippen molar-refractivity contribution >= 4 is 28.7 Å². The second-order valence-electron chi connectivity index (χ2n) is 7.24. The fourth-order valence-electron chi connectivity index (χ4n) is 3.56. The fourth-order valence-corrected chi connectivity index (χ4v) is 4.68. The summed E-state index contributed by atoms with van der Waals surface area (Å²) in [5, 5.41) is 4.08. The first kappa shape index (κ1) is 21.3. The summed E-state index contributed by atoms with van der Waals surface area (Å²) in [6.07, 6.45) is -2.46. The molecule has 31 heavy (non-hydrogen) atoms. The van der Waals surface area contributed by atoms with Crippen molar-refractivity contribution in [1.82, 2.24) is 9.88 Å². The van der Waals surface area contributed by atoms with E-state index in [1.807, 2.05) is 12.1 Å². The number of anilines is 2. The number of carbonyl (C=O) groups excluding carboxylic acids is 1. The molecule has 0 saturated carbocycles. The van der Waals surface area contributed by atoms with Crippen LogP contribution in [-0.2, 0) is 25.7 Å². The van der Waals surface area contributed by atoms with Gasteiger partial charge in [-0.05, 0) is 36.2 Å². The zero-order valence-corrected chi connectivity index (χ0v) is 17.0. The minimum absolute atomic E-state index is 0.234. The first-order valence-electron chi connectivity index (χ1n) is 9.41. The van der Waals surface area contributed by atoms with Crippen LogP contribution in [0.25, 0.3) is 0 Å². The van der Waals surface area contributed by atoms with Crippen LogP contribution in [0.3, 0.4) is 0 Å². The molecule has 3 N–H and O–H groups in total. The van der Waals surface area contributed by atoms with Crippen LogP contribution in [-0.4, -0.2) is 22.3 Å². The number of hydrogen-bond donors (Lipinski definition) is 2. The molecule has 3 aromatic rings. The highest BCUT2D eigenvalue weighted by Gasteiger charge is 2.32. The molecule has 0 saturated heterocycles. The number of nitrogens with two attached hydrogens (primary N) is 1. The molecule has 0 atom stereocenters. The number of alkyl halides is 3. The first-order chi connectivity index (χ1) is 14.7. The molecule has 2 aromatic heterocycles. The van der Waals surface area contributed by atoms with Crippen LogP contribution in [0.2, 0.25) is 0 Å². The number of thiophene rings is 1. The molecule has 0 spiro atoms. The lowest BCUT2D eigenvalue weighted by molar-refractivity contribution is -0.137. The predicted octanol–water partition coefficient (Wildman–Crippen LogP) is 4.69. The zero-order valence-electron chi connectivity index (χ0n) is 16.2. The van der Waals surface area contributed by atoms with Crippen molar-refractivity contribution in [3.8, 4) is 0 Å². The Kier molecular flexibility index (Phi) is 5.67. The van der Waals surface area contributed by atoms with Gasteiger partial charge in [-0.1, -0.05) is 6.07 Å². The second-order valence-corrected chi connectivity index (χ2v) is 8.20. The molecule has 5 nitrogen and oxygen atoms in total. The third-order valence-electron chi connectivity index (χ3n) is 5.07. The van der Waals surface area contributed by atoms with Crippen LogP contribution in [0.4, 0.5) is 29.1 Å². The maximum Gasteiger partial charge on any atom is 0.416 e. The number of nitrogen functional groups attached to an aromatic ring is 1. The summed E-state index contributed by atoms with van der Waals surface area (Å²) in [5.74, 6) is -1.14. The third-order valence-corrected chi connectivity index (χ3v) is 6.09. The summed E-state index contributed by atoms with van der Waals surface area (Å²) in [5.41, 5.74) is 6.72. The van der Waals surface area contributed by atoms with Crippen LogP contribution in [0.1, 0.15) is 31.9 Å². The lowest BCUT2D eigenvalue weighted by Crippen LogP contribution is -2.30. The van der Waals surface area contributed by atoms with E-state index in [9.17, 15) is 22.4 Å². The molecular formula is C21H18F4N4OS. The number of halogens is 4. The molecule has 1 amide bonds. The number of nitrogens with one attached hydrogen (secondary N) is 1. The van der Waals surface area contributed by atoms with Gasteiger partial charge in [0.25, 0.3) is 5.91 Å². The van der Waals surface area contributed by atoms with Gasteiger partial charge in [0, 0.05) is 47.3 Å². The van der Waals surface area contributed by atoms with Crippen molar-refractivity contribution in [2.24, 2.45) is 0 Å². The van der Waals surface area contributed by atoms with E-state index in [1.165, 1.54) is 11.3 Å². The average molecular weight is 450 g/mol. The SMILES string of the molecule is Nc1ncccc1CN1CCc2c(C(=O)Nc3cc(F)cc(C(F)(F)F)c3)csc2C1. The van der Waals surface area contributed by atoms with Crippen molar-refractivity contribution in [3.63, 3.8) is 0 Å². The first-order valence-corrected chi connectivity index (χ1v) is 10.3. The van der Waals surface area contributed by atoms with Gasteiger partial charge in [-0.2, -0.15) is 13.2 Å². The number of pyridine rings is 1. The Morgan fingerprint density at radius 2 is 2.10 bits per heavy atom. The number of hydrogen-bond acceptors (Lipinski definition) is 5. The lowest BCUT2D eigenvalue weighted by Gasteiger charge is -2.27. The molecule has 0 radical (unpaired) electrons. The summed E-state index contributed by atoms with van der Waals surface area (Å²) < 4.78 is 52.3. The standard InChI is InChI=1S/C21H18F4N4OS/c22-14-6-13(21(23,24)25)7-15(8-14)28-20(30)17-11-31-18-10-29(5-3-16(17)18)9-12-2-1-4-27-19(12)26/h1-2,4,6-8,11H,3,5,9-10H2,(H2,26,27)(H,28,30). The number of fused-ring (bicyclic) bond motifs is 1. The molecular weight excluding hydrogens is 432 g/mol. The Labute approximate surface area is 179 Å². The highest BCUT2D eigenvalue weighted by atomic mass is 32.1. The van der Waals surface area contributed by atoms with E-state index >= 15 is 0 Å². The maximum atomic E-state index is 13.6. The lowest BCUT2D eigenvalue weighted by atomic mass is 10.0. The second kappa shape index (κ2) is 8.27. The van der Waals surface area contributed by atoms with Gasteiger partial charge >= 0.3 is 6.18 Å². The number of carbonyl (C=O) groups is 1. The number of nitrogens with zero attached hydrogens (tertiary/aromatic N) is 2. The molecule has 0 unspecified atom stereocenters. The number of benzene rings is 1. The molecule has 0 aliphatic carbocycles. The smallest absolute Gasteiger partial charge is 0.383 e. The summed E-state index contributed by atoms with van der Waals surface area (Å²) in [7, 11) is 0. The minimum Gasteiger partial charge on any atom is -0.383 e. The number of rotatable bonds is 4. The summed E-state index contributed by atoms with van der Waals surface area (Å²) in [4.78, 5) is 20.0. The van der Waals surface area contributed by atoms with Gasteiger partial charge in [-0.25, -0.2) is 9.37 Å². The van der Waals surface area contributed by atoms with Gasteiger partial charge in [-0.15, -0.1) is 11.3 Å². The van der Waals surface area contributed by atoms with Gasteiger partial charge < -0.3 is 11.1 Å².